The molecule has 1 aliphatic heterocycles. The Hall–Kier alpha value is -2.82. The molecule has 3 aromatic rings. The number of hydrogen-bond acceptors (Lipinski definition) is 4. The van der Waals surface area contributed by atoms with Gasteiger partial charge in [0.1, 0.15) is 12.1 Å². The highest BCUT2D eigenvalue weighted by Crippen LogP contribution is 2.37. The fourth-order valence-corrected chi connectivity index (χ4v) is 3.24. The molecule has 0 fully saturated rings. The van der Waals surface area contributed by atoms with E-state index in [1.54, 1.807) is 13.4 Å². The summed E-state index contributed by atoms with van der Waals surface area (Å²) in [5.41, 5.74) is 3.75. The Morgan fingerprint density at radius 1 is 1.04 bits per heavy atom. The number of benzene rings is 2. The number of nitrogens with zero attached hydrogens (tertiary/aromatic N) is 3. The first kappa shape index (κ1) is 14.8. The molecular weight excluding hydrogens is 300 g/mol. The highest BCUT2D eigenvalue weighted by molar-refractivity contribution is 5.39. The molecule has 24 heavy (non-hydrogen) atoms. The molecule has 0 aliphatic carbocycles. The molecule has 1 aliphatic rings. The molecule has 1 N–H and O–H groups in total. The summed E-state index contributed by atoms with van der Waals surface area (Å²) in [4.78, 5) is 4.38. The van der Waals surface area contributed by atoms with Gasteiger partial charge in [0.05, 0.1) is 19.2 Å². The summed E-state index contributed by atoms with van der Waals surface area (Å²) in [5, 5.41) is 7.91. The number of anilines is 1. The van der Waals surface area contributed by atoms with E-state index in [2.05, 4.69) is 58.7 Å². The van der Waals surface area contributed by atoms with Gasteiger partial charge >= 0.3 is 0 Å². The third-order valence-electron chi connectivity index (χ3n) is 4.61. The smallest absolute Gasteiger partial charge is 0.222 e. The molecule has 1 aromatic heterocycles. The second kappa shape index (κ2) is 6.00. The molecule has 122 valence electrons. The number of hydrogen-bond donors (Lipinski definition) is 1. The van der Waals surface area contributed by atoms with Gasteiger partial charge in [0.25, 0.3) is 0 Å². The van der Waals surface area contributed by atoms with E-state index in [1.807, 2.05) is 16.8 Å². The number of aryl methyl sites for hydroxylation is 1. The van der Waals surface area contributed by atoms with Crippen molar-refractivity contribution in [2.75, 3.05) is 12.4 Å². The Balaban J connectivity index is 1.69. The van der Waals surface area contributed by atoms with Gasteiger partial charge in [0.15, 0.2) is 0 Å². The average molecular weight is 320 g/mol. The van der Waals surface area contributed by atoms with Crippen molar-refractivity contribution in [3.8, 4) is 5.75 Å². The van der Waals surface area contributed by atoms with E-state index < -0.39 is 0 Å². The minimum absolute atomic E-state index is 0.154. The van der Waals surface area contributed by atoms with Crippen molar-refractivity contribution >= 4 is 5.95 Å². The van der Waals surface area contributed by atoms with Crippen LogP contribution in [0.2, 0.25) is 0 Å². The van der Waals surface area contributed by atoms with Crippen LogP contribution in [0.15, 0.2) is 54.9 Å². The van der Waals surface area contributed by atoms with Gasteiger partial charge in [-0.15, -0.1) is 0 Å². The SMILES string of the molecule is COc1ccc([C@H]2C[C@H](c3ccc(C)cc3)Nc3ncnn32)cc1. The lowest BCUT2D eigenvalue weighted by molar-refractivity contribution is 0.411. The Morgan fingerprint density at radius 2 is 1.75 bits per heavy atom. The van der Waals surface area contributed by atoms with E-state index in [9.17, 15) is 0 Å². The Morgan fingerprint density at radius 3 is 2.46 bits per heavy atom. The summed E-state index contributed by atoms with van der Waals surface area (Å²) in [5.74, 6) is 1.68. The van der Waals surface area contributed by atoms with E-state index in [-0.39, 0.29) is 12.1 Å². The molecule has 0 bridgehead atoms. The number of aromatic nitrogens is 3. The van der Waals surface area contributed by atoms with Gasteiger partial charge in [-0.3, -0.25) is 0 Å². The second-order valence-corrected chi connectivity index (χ2v) is 6.16. The highest BCUT2D eigenvalue weighted by atomic mass is 16.5. The molecule has 5 nitrogen and oxygen atoms in total. The molecule has 0 amide bonds. The third-order valence-corrected chi connectivity index (χ3v) is 4.61. The first-order chi connectivity index (χ1) is 11.7. The van der Waals surface area contributed by atoms with Crippen LogP contribution in [0.4, 0.5) is 5.95 Å². The van der Waals surface area contributed by atoms with E-state index in [0.29, 0.717) is 0 Å². The number of nitrogens with one attached hydrogen (secondary N) is 1. The summed E-state index contributed by atoms with van der Waals surface area (Å²) < 4.78 is 7.23. The van der Waals surface area contributed by atoms with E-state index >= 15 is 0 Å². The third kappa shape index (κ3) is 2.62. The van der Waals surface area contributed by atoms with Gasteiger partial charge in [-0.1, -0.05) is 42.0 Å². The summed E-state index contributed by atoms with van der Waals surface area (Å²) in [6.45, 7) is 2.11. The molecule has 0 saturated carbocycles. The Kier molecular flexibility index (Phi) is 3.69. The highest BCUT2D eigenvalue weighted by Gasteiger charge is 2.29. The minimum Gasteiger partial charge on any atom is -0.497 e. The molecule has 4 rings (SSSR count). The maximum atomic E-state index is 5.27. The van der Waals surface area contributed by atoms with Crippen molar-refractivity contribution in [2.24, 2.45) is 0 Å². The molecule has 0 saturated heterocycles. The lowest BCUT2D eigenvalue weighted by atomic mass is 9.93. The predicted molar refractivity (Wildman–Crippen MR) is 93.3 cm³/mol. The normalized spacial score (nSPS) is 19.4. The topological polar surface area (TPSA) is 52.0 Å². The van der Waals surface area contributed by atoms with E-state index in [4.69, 9.17) is 4.74 Å². The van der Waals surface area contributed by atoms with Gasteiger partial charge in [-0.05, 0) is 36.6 Å². The van der Waals surface area contributed by atoms with Crippen molar-refractivity contribution in [1.29, 1.82) is 0 Å². The van der Waals surface area contributed by atoms with Crippen LogP contribution in [-0.4, -0.2) is 21.9 Å². The van der Waals surface area contributed by atoms with Crippen molar-refractivity contribution in [1.82, 2.24) is 14.8 Å². The van der Waals surface area contributed by atoms with Crippen LogP contribution in [0.5, 0.6) is 5.75 Å². The fourth-order valence-electron chi connectivity index (χ4n) is 3.24. The number of methoxy groups -OCH3 is 1. The lowest BCUT2D eigenvalue weighted by Crippen LogP contribution is -2.28. The average Bonchev–Trinajstić information content (AvgIpc) is 3.10. The zero-order chi connectivity index (χ0) is 16.5. The molecule has 2 heterocycles. The minimum atomic E-state index is 0.154. The van der Waals surface area contributed by atoms with Crippen LogP contribution in [0.1, 0.15) is 35.2 Å². The van der Waals surface area contributed by atoms with Crippen molar-refractivity contribution in [2.45, 2.75) is 25.4 Å². The van der Waals surface area contributed by atoms with Gasteiger partial charge in [-0.2, -0.15) is 10.1 Å². The lowest BCUT2D eigenvalue weighted by Gasteiger charge is -2.32. The van der Waals surface area contributed by atoms with Crippen LogP contribution < -0.4 is 10.1 Å². The van der Waals surface area contributed by atoms with Crippen LogP contribution in [0, 0.1) is 6.92 Å². The van der Waals surface area contributed by atoms with Crippen LogP contribution in [0.3, 0.4) is 0 Å². The zero-order valence-electron chi connectivity index (χ0n) is 13.8. The largest absolute Gasteiger partial charge is 0.497 e. The summed E-state index contributed by atoms with van der Waals surface area (Å²) >= 11 is 0. The Labute approximate surface area is 141 Å². The monoisotopic (exact) mass is 320 g/mol. The maximum absolute atomic E-state index is 5.27. The summed E-state index contributed by atoms with van der Waals surface area (Å²) in [6, 6.07) is 17.2. The molecular formula is C19H20N4O. The standard InChI is InChI=1S/C19H20N4O/c1-13-3-5-14(6-4-13)17-11-18(23-19(22-17)20-12-21-23)15-7-9-16(24-2)10-8-15/h3-10,12,17-18H,11H2,1-2H3,(H,20,21,22)/t17-,18-/m1/s1. The van der Waals surface area contributed by atoms with E-state index in [0.717, 1.165) is 18.1 Å². The Bertz CT molecular complexity index is 823. The molecule has 2 atom stereocenters. The molecule has 0 spiro atoms. The number of ether oxygens (including phenoxy) is 1. The molecule has 0 unspecified atom stereocenters. The van der Waals surface area contributed by atoms with Crippen molar-refractivity contribution in [3.63, 3.8) is 0 Å². The maximum Gasteiger partial charge on any atom is 0.222 e. The molecule has 5 heteroatoms. The van der Waals surface area contributed by atoms with Gasteiger partial charge in [0.2, 0.25) is 5.95 Å². The second-order valence-electron chi connectivity index (χ2n) is 6.16. The quantitative estimate of drug-likeness (QED) is 0.799. The molecule has 2 aromatic carbocycles. The van der Waals surface area contributed by atoms with Gasteiger partial charge in [0, 0.05) is 0 Å². The molecule has 0 radical (unpaired) electrons. The van der Waals surface area contributed by atoms with Crippen LogP contribution in [0.25, 0.3) is 0 Å². The van der Waals surface area contributed by atoms with Gasteiger partial charge < -0.3 is 10.1 Å². The zero-order valence-corrected chi connectivity index (χ0v) is 13.8. The summed E-state index contributed by atoms with van der Waals surface area (Å²) in [7, 11) is 1.68. The van der Waals surface area contributed by atoms with Crippen molar-refractivity contribution < 1.29 is 4.74 Å². The first-order valence-electron chi connectivity index (χ1n) is 8.11. The fraction of sp³-hybridized carbons (Fsp3) is 0.263. The number of fused-ring (bicyclic) bond motifs is 1. The first-order valence-corrected chi connectivity index (χ1v) is 8.11. The van der Waals surface area contributed by atoms with Crippen LogP contribution >= 0.6 is 0 Å². The predicted octanol–water partition coefficient (Wildman–Crippen LogP) is 3.74. The number of rotatable bonds is 3. The van der Waals surface area contributed by atoms with E-state index in [1.165, 1.54) is 16.7 Å². The van der Waals surface area contributed by atoms with Gasteiger partial charge in [-0.25, -0.2) is 4.68 Å². The van der Waals surface area contributed by atoms with Crippen molar-refractivity contribution in [3.05, 3.63) is 71.5 Å². The van der Waals surface area contributed by atoms with Crippen LogP contribution in [-0.2, 0) is 0 Å². The summed E-state index contributed by atoms with van der Waals surface area (Å²) in [6.07, 6.45) is 2.53.